The zero-order chi connectivity index (χ0) is 13.1. The molecule has 5 heteroatoms. The van der Waals surface area contributed by atoms with Crippen molar-refractivity contribution in [1.82, 2.24) is 0 Å². The van der Waals surface area contributed by atoms with Crippen molar-refractivity contribution in [1.29, 1.82) is 0 Å². The van der Waals surface area contributed by atoms with Gasteiger partial charge in [0.2, 0.25) is 0 Å². The maximum Gasteiger partial charge on any atom is 0.271 e. The summed E-state index contributed by atoms with van der Waals surface area (Å²) in [4.78, 5) is 10.1. The number of hydrogen-bond acceptors (Lipinski definition) is 4. The molecular formula is C13H12N2O3. The Morgan fingerprint density at radius 3 is 2.39 bits per heavy atom. The summed E-state index contributed by atoms with van der Waals surface area (Å²) in [6, 6.07) is 11.6. The summed E-state index contributed by atoms with van der Waals surface area (Å²) in [5.74, 6) is 1.05. The highest BCUT2D eigenvalue weighted by Crippen LogP contribution is 2.30. The third-order valence-corrected chi connectivity index (χ3v) is 2.45. The number of aryl methyl sites for hydroxylation is 1. The highest BCUT2D eigenvalue weighted by Gasteiger charge is 2.09. The number of ether oxygens (including phenoxy) is 1. The molecule has 2 aromatic carbocycles. The van der Waals surface area contributed by atoms with Crippen molar-refractivity contribution in [3.63, 3.8) is 0 Å². The first-order valence-electron chi connectivity index (χ1n) is 5.35. The van der Waals surface area contributed by atoms with Gasteiger partial charge in [-0.15, -0.1) is 0 Å². The second kappa shape index (κ2) is 4.75. The van der Waals surface area contributed by atoms with Crippen LogP contribution in [0.25, 0.3) is 0 Å². The summed E-state index contributed by atoms with van der Waals surface area (Å²) < 4.78 is 5.55. The molecule has 0 fully saturated rings. The number of nitrogen functional groups attached to an aromatic ring is 1. The van der Waals surface area contributed by atoms with E-state index < -0.39 is 4.92 Å². The van der Waals surface area contributed by atoms with Crippen molar-refractivity contribution in [2.24, 2.45) is 0 Å². The van der Waals surface area contributed by atoms with E-state index in [0.717, 1.165) is 5.56 Å². The second-order valence-electron chi connectivity index (χ2n) is 3.89. The third-order valence-electron chi connectivity index (χ3n) is 2.45. The van der Waals surface area contributed by atoms with E-state index in [1.165, 1.54) is 18.2 Å². The van der Waals surface area contributed by atoms with Crippen LogP contribution in [0.3, 0.4) is 0 Å². The highest BCUT2D eigenvalue weighted by molar-refractivity contribution is 5.59. The molecule has 0 radical (unpaired) electrons. The summed E-state index contributed by atoms with van der Waals surface area (Å²) in [6.07, 6.45) is 0. The molecule has 0 atom stereocenters. The largest absolute Gasteiger partial charge is 0.455 e. The van der Waals surface area contributed by atoms with Crippen LogP contribution >= 0.6 is 0 Å². The van der Waals surface area contributed by atoms with Gasteiger partial charge < -0.3 is 10.5 Å². The number of anilines is 1. The van der Waals surface area contributed by atoms with E-state index in [1.807, 2.05) is 31.2 Å². The van der Waals surface area contributed by atoms with Crippen LogP contribution < -0.4 is 10.5 Å². The minimum absolute atomic E-state index is 0.0521. The van der Waals surface area contributed by atoms with Gasteiger partial charge in [0.1, 0.15) is 5.75 Å². The molecule has 0 aliphatic rings. The van der Waals surface area contributed by atoms with Gasteiger partial charge in [0.05, 0.1) is 10.6 Å². The van der Waals surface area contributed by atoms with Gasteiger partial charge in [-0.2, -0.15) is 0 Å². The quantitative estimate of drug-likeness (QED) is 0.510. The van der Waals surface area contributed by atoms with Crippen LogP contribution in [0.5, 0.6) is 11.5 Å². The Kier molecular flexibility index (Phi) is 3.14. The third kappa shape index (κ3) is 2.57. The molecule has 0 spiro atoms. The lowest BCUT2D eigenvalue weighted by molar-refractivity contribution is -0.384. The van der Waals surface area contributed by atoms with Crippen LogP contribution in [0.15, 0.2) is 42.5 Å². The fraction of sp³-hybridized carbons (Fsp3) is 0.0769. The Morgan fingerprint density at radius 2 is 1.83 bits per heavy atom. The average Bonchev–Trinajstić information content (AvgIpc) is 2.34. The molecule has 5 nitrogen and oxygen atoms in total. The molecule has 2 aromatic rings. The Labute approximate surface area is 104 Å². The lowest BCUT2D eigenvalue weighted by Crippen LogP contribution is -1.95. The second-order valence-corrected chi connectivity index (χ2v) is 3.89. The molecular weight excluding hydrogens is 232 g/mol. The number of nitro groups is 1. The van der Waals surface area contributed by atoms with E-state index in [1.54, 1.807) is 0 Å². The van der Waals surface area contributed by atoms with Crippen LogP contribution in [-0.4, -0.2) is 4.92 Å². The first-order valence-corrected chi connectivity index (χ1v) is 5.35. The molecule has 0 saturated heterocycles. The monoisotopic (exact) mass is 244 g/mol. The van der Waals surface area contributed by atoms with E-state index >= 15 is 0 Å². The molecule has 2 rings (SSSR count). The Hall–Kier alpha value is -2.56. The summed E-state index contributed by atoms with van der Waals surface area (Å²) >= 11 is 0. The fourth-order valence-electron chi connectivity index (χ4n) is 1.48. The van der Waals surface area contributed by atoms with Gasteiger partial charge in [0.25, 0.3) is 5.69 Å². The molecule has 18 heavy (non-hydrogen) atoms. The number of non-ortho nitro benzene ring substituents is 1. The first kappa shape index (κ1) is 11.9. The van der Waals surface area contributed by atoms with Gasteiger partial charge in [-0.05, 0) is 25.1 Å². The number of benzene rings is 2. The number of nitro benzene ring substituents is 1. The summed E-state index contributed by atoms with van der Waals surface area (Å²) in [5.41, 5.74) is 7.02. The van der Waals surface area contributed by atoms with E-state index in [9.17, 15) is 10.1 Å². The summed E-state index contributed by atoms with van der Waals surface area (Å²) in [5, 5.41) is 10.6. The molecule has 0 aliphatic carbocycles. The van der Waals surface area contributed by atoms with Crippen molar-refractivity contribution in [3.05, 3.63) is 58.1 Å². The zero-order valence-corrected chi connectivity index (χ0v) is 9.79. The lowest BCUT2D eigenvalue weighted by atomic mass is 10.2. The standard InChI is InChI=1S/C13H12N2O3/c1-9-2-5-11(6-3-9)18-13-7-4-10(15(16)17)8-12(13)14/h2-8H,14H2,1H3. The van der Waals surface area contributed by atoms with E-state index in [0.29, 0.717) is 11.5 Å². The molecule has 0 heterocycles. The first-order chi connectivity index (χ1) is 8.56. The predicted octanol–water partition coefficient (Wildman–Crippen LogP) is 3.28. The maximum absolute atomic E-state index is 10.6. The molecule has 0 unspecified atom stereocenters. The number of rotatable bonds is 3. The van der Waals surface area contributed by atoms with E-state index in [-0.39, 0.29) is 11.4 Å². The molecule has 0 aliphatic heterocycles. The van der Waals surface area contributed by atoms with Crippen LogP contribution in [0.2, 0.25) is 0 Å². The van der Waals surface area contributed by atoms with Gasteiger partial charge >= 0.3 is 0 Å². The SMILES string of the molecule is Cc1ccc(Oc2ccc([N+](=O)[O-])cc2N)cc1. The van der Waals surface area contributed by atoms with Gasteiger partial charge in [-0.1, -0.05) is 17.7 Å². The zero-order valence-electron chi connectivity index (χ0n) is 9.79. The van der Waals surface area contributed by atoms with Crippen molar-refractivity contribution >= 4 is 11.4 Å². The van der Waals surface area contributed by atoms with Crippen molar-refractivity contribution in [2.75, 3.05) is 5.73 Å². The van der Waals surface area contributed by atoms with E-state index in [2.05, 4.69) is 0 Å². The normalized spacial score (nSPS) is 10.1. The van der Waals surface area contributed by atoms with Crippen molar-refractivity contribution in [2.45, 2.75) is 6.92 Å². The van der Waals surface area contributed by atoms with Gasteiger partial charge in [0.15, 0.2) is 5.75 Å². The van der Waals surface area contributed by atoms with Crippen LogP contribution in [0.4, 0.5) is 11.4 Å². The number of hydrogen-bond donors (Lipinski definition) is 1. The molecule has 0 amide bonds. The maximum atomic E-state index is 10.6. The van der Waals surface area contributed by atoms with Gasteiger partial charge in [0, 0.05) is 12.1 Å². The average molecular weight is 244 g/mol. The predicted molar refractivity (Wildman–Crippen MR) is 68.8 cm³/mol. The number of nitrogens with zero attached hydrogens (tertiary/aromatic N) is 1. The lowest BCUT2D eigenvalue weighted by Gasteiger charge is -2.08. The molecule has 92 valence electrons. The van der Waals surface area contributed by atoms with Gasteiger partial charge in [-0.25, -0.2) is 0 Å². The smallest absolute Gasteiger partial charge is 0.271 e. The van der Waals surface area contributed by atoms with Crippen molar-refractivity contribution < 1.29 is 9.66 Å². The Morgan fingerprint density at radius 1 is 1.17 bits per heavy atom. The minimum atomic E-state index is -0.494. The van der Waals surface area contributed by atoms with Gasteiger partial charge in [-0.3, -0.25) is 10.1 Å². The fourth-order valence-corrected chi connectivity index (χ4v) is 1.48. The van der Waals surface area contributed by atoms with Crippen LogP contribution in [0.1, 0.15) is 5.56 Å². The van der Waals surface area contributed by atoms with Crippen LogP contribution in [0, 0.1) is 17.0 Å². The van der Waals surface area contributed by atoms with Crippen LogP contribution in [-0.2, 0) is 0 Å². The minimum Gasteiger partial charge on any atom is -0.455 e. The molecule has 2 N–H and O–H groups in total. The highest BCUT2D eigenvalue weighted by atomic mass is 16.6. The van der Waals surface area contributed by atoms with Crippen molar-refractivity contribution in [3.8, 4) is 11.5 Å². The summed E-state index contributed by atoms with van der Waals surface area (Å²) in [6.45, 7) is 1.98. The molecule has 0 aromatic heterocycles. The summed E-state index contributed by atoms with van der Waals surface area (Å²) in [7, 11) is 0. The topological polar surface area (TPSA) is 78.4 Å². The Balaban J connectivity index is 2.24. The number of nitrogens with two attached hydrogens (primary N) is 1. The van der Waals surface area contributed by atoms with E-state index in [4.69, 9.17) is 10.5 Å². The Bertz CT molecular complexity index is 579. The molecule has 0 saturated carbocycles. The molecule has 0 bridgehead atoms.